The molecule has 0 aromatic carbocycles. The van der Waals surface area contributed by atoms with Crippen LogP contribution < -0.4 is 0 Å². The second-order valence-corrected chi connectivity index (χ2v) is 3.57. The maximum Gasteiger partial charge on any atom is 0.0776 e. The van der Waals surface area contributed by atoms with Crippen molar-refractivity contribution in [3.8, 4) is 0 Å². The Morgan fingerprint density at radius 2 is 2.14 bits per heavy atom. The summed E-state index contributed by atoms with van der Waals surface area (Å²) in [6.07, 6.45) is 4.08. The minimum Gasteiger partial charge on any atom is -0.143 e. The largest absolute Gasteiger partial charge is 0.143 e. The average Bonchev–Trinajstić information content (AvgIpc) is 1.69. The Morgan fingerprint density at radius 3 is 2.57 bits per heavy atom. The first kappa shape index (κ1) is 7.44. The highest BCUT2D eigenvalue weighted by Crippen LogP contribution is 1.95. The Morgan fingerprint density at radius 1 is 1.43 bits per heavy atom. The Bertz CT molecular complexity index is 45.3. The molecule has 0 atom stereocenters. The predicted octanol–water partition coefficient (Wildman–Crippen LogP) is 2.14. The van der Waals surface area contributed by atoms with Crippen LogP contribution in [0.25, 0.3) is 0 Å². The van der Waals surface area contributed by atoms with Crippen molar-refractivity contribution in [2.45, 2.75) is 32.2 Å². The Labute approximate surface area is 52.7 Å². The van der Waals surface area contributed by atoms with Crippen molar-refractivity contribution in [3.05, 3.63) is 0 Å². The summed E-state index contributed by atoms with van der Waals surface area (Å²) in [5, 5.41) is 0. The first-order valence-electron chi connectivity index (χ1n) is 2.85. The van der Waals surface area contributed by atoms with Crippen molar-refractivity contribution in [2.24, 2.45) is 0 Å². The molecule has 0 saturated heterocycles. The van der Waals surface area contributed by atoms with Crippen molar-refractivity contribution in [2.75, 3.05) is 0 Å². The van der Waals surface area contributed by atoms with Crippen LogP contribution in [-0.4, -0.2) is 8.23 Å². The average molecular weight is 132 g/mol. The molecule has 7 heavy (non-hydrogen) atoms. The molecule has 0 N–H and O–H groups in total. The molecule has 0 fully saturated rings. The zero-order valence-electron chi connectivity index (χ0n) is 4.81. The fraction of sp³-hybridized carbons (Fsp3) is 1.00. The smallest absolute Gasteiger partial charge is 0.0776 e. The second-order valence-electron chi connectivity index (χ2n) is 1.66. The van der Waals surface area contributed by atoms with Crippen molar-refractivity contribution in [1.82, 2.24) is 0 Å². The van der Waals surface area contributed by atoms with E-state index in [0.29, 0.717) is 8.23 Å². The molecule has 0 heterocycles. The molecule has 0 aliphatic rings. The maximum atomic E-state index is 4.85. The topological polar surface area (TPSA) is 0 Å². The van der Waals surface area contributed by atoms with Gasteiger partial charge in [0.1, 0.15) is 0 Å². The number of unbranched alkanes of at least 4 members (excludes halogenated alkanes) is 2. The van der Waals surface area contributed by atoms with Crippen LogP contribution in [0.1, 0.15) is 26.2 Å². The molecular formula is C5H12SSi. The van der Waals surface area contributed by atoms with Gasteiger partial charge in [-0.1, -0.05) is 26.2 Å². The van der Waals surface area contributed by atoms with Crippen LogP contribution >= 0.6 is 11.6 Å². The van der Waals surface area contributed by atoms with Crippen LogP contribution in [0.4, 0.5) is 0 Å². The highest BCUT2D eigenvalue weighted by Gasteiger charge is 1.78. The van der Waals surface area contributed by atoms with Crippen LogP contribution in [-0.2, 0) is 0 Å². The van der Waals surface area contributed by atoms with Gasteiger partial charge in [-0.25, -0.2) is 0 Å². The quantitative estimate of drug-likeness (QED) is 0.417. The van der Waals surface area contributed by atoms with Gasteiger partial charge in [0.05, 0.1) is 8.23 Å². The number of hydrogen-bond donors (Lipinski definition) is 0. The van der Waals surface area contributed by atoms with Gasteiger partial charge in [-0.05, 0) is 6.04 Å². The third-order valence-corrected chi connectivity index (χ3v) is 2.28. The van der Waals surface area contributed by atoms with Crippen LogP contribution in [0, 0.1) is 0 Å². The summed E-state index contributed by atoms with van der Waals surface area (Å²) in [5.41, 5.74) is 0. The van der Waals surface area contributed by atoms with E-state index < -0.39 is 0 Å². The molecule has 0 aromatic heterocycles. The Balaban J connectivity index is 2.56. The molecule has 0 aliphatic carbocycles. The Kier molecular flexibility index (Phi) is 6.84. The molecule has 2 heteroatoms. The molecule has 0 amide bonds. The third-order valence-electron chi connectivity index (χ3n) is 0.926. The third kappa shape index (κ3) is 6.44. The lowest BCUT2D eigenvalue weighted by Gasteiger charge is -1.86. The zero-order valence-corrected chi connectivity index (χ0v) is 6.79. The molecule has 0 spiro atoms. The van der Waals surface area contributed by atoms with E-state index in [1.165, 1.54) is 25.3 Å². The fourth-order valence-corrected chi connectivity index (χ4v) is 1.43. The van der Waals surface area contributed by atoms with E-state index in [4.69, 9.17) is 11.6 Å². The molecular weight excluding hydrogens is 120 g/mol. The molecule has 0 rings (SSSR count). The summed E-state index contributed by atoms with van der Waals surface area (Å²) < 4.78 is 0. The van der Waals surface area contributed by atoms with Crippen LogP contribution in [0.3, 0.4) is 0 Å². The normalized spacial score (nSPS) is 8.71. The van der Waals surface area contributed by atoms with Gasteiger partial charge in [0.2, 0.25) is 0 Å². The first-order chi connectivity index (χ1) is 3.41. The minimum absolute atomic E-state index is 0.364. The van der Waals surface area contributed by atoms with Gasteiger partial charge in [-0.15, -0.1) is 11.6 Å². The highest BCUT2D eigenvalue weighted by atomic mass is 32.2. The van der Waals surface area contributed by atoms with E-state index in [9.17, 15) is 0 Å². The highest BCUT2D eigenvalue weighted by molar-refractivity contribution is 7.85. The van der Waals surface area contributed by atoms with Crippen molar-refractivity contribution in [1.29, 1.82) is 0 Å². The predicted molar refractivity (Wildman–Crippen MR) is 39.1 cm³/mol. The van der Waals surface area contributed by atoms with E-state index in [1.807, 2.05) is 0 Å². The SMILES string of the molecule is CCCCC[SiH]=S. The zero-order chi connectivity index (χ0) is 5.54. The van der Waals surface area contributed by atoms with Gasteiger partial charge in [-0.2, -0.15) is 0 Å². The molecule has 0 radical (unpaired) electrons. The van der Waals surface area contributed by atoms with E-state index in [2.05, 4.69) is 6.92 Å². The van der Waals surface area contributed by atoms with E-state index >= 15 is 0 Å². The van der Waals surface area contributed by atoms with Crippen molar-refractivity contribution in [3.63, 3.8) is 0 Å². The fourth-order valence-electron chi connectivity index (χ4n) is 0.478. The van der Waals surface area contributed by atoms with Crippen LogP contribution in [0.2, 0.25) is 6.04 Å². The number of hydrogen-bond acceptors (Lipinski definition) is 1. The summed E-state index contributed by atoms with van der Waals surface area (Å²) in [7, 11) is 0.364. The summed E-state index contributed by atoms with van der Waals surface area (Å²) >= 11 is 4.85. The molecule has 0 nitrogen and oxygen atoms in total. The van der Waals surface area contributed by atoms with Gasteiger partial charge in [-0.3, -0.25) is 0 Å². The molecule has 0 saturated carbocycles. The monoisotopic (exact) mass is 132 g/mol. The lowest BCUT2D eigenvalue weighted by Crippen LogP contribution is -1.72. The molecule has 0 aromatic rings. The van der Waals surface area contributed by atoms with E-state index in [1.54, 1.807) is 0 Å². The molecule has 42 valence electrons. The van der Waals surface area contributed by atoms with Crippen LogP contribution in [0.5, 0.6) is 0 Å². The van der Waals surface area contributed by atoms with Gasteiger partial charge < -0.3 is 0 Å². The summed E-state index contributed by atoms with van der Waals surface area (Å²) in [4.78, 5) is 0. The second kappa shape index (κ2) is 6.44. The van der Waals surface area contributed by atoms with Gasteiger partial charge >= 0.3 is 0 Å². The lowest BCUT2D eigenvalue weighted by atomic mass is 10.3. The summed E-state index contributed by atoms with van der Waals surface area (Å²) in [6, 6.07) is 1.32. The standard InChI is InChI=1S/C5H12SSi/c1-2-3-4-5-7-6/h7H,2-5H2,1H3. The lowest BCUT2D eigenvalue weighted by molar-refractivity contribution is 0.771. The van der Waals surface area contributed by atoms with Crippen molar-refractivity contribution < 1.29 is 0 Å². The van der Waals surface area contributed by atoms with Gasteiger partial charge in [0.25, 0.3) is 0 Å². The first-order valence-corrected chi connectivity index (χ1v) is 5.55. The van der Waals surface area contributed by atoms with Crippen LogP contribution in [0.15, 0.2) is 0 Å². The van der Waals surface area contributed by atoms with Gasteiger partial charge in [0, 0.05) is 0 Å². The van der Waals surface area contributed by atoms with Gasteiger partial charge in [0.15, 0.2) is 0 Å². The molecule has 0 unspecified atom stereocenters. The number of rotatable bonds is 4. The Hall–Kier alpha value is 0.437. The maximum absolute atomic E-state index is 4.85. The summed E-state index contributed by atoms with van der Waals surface area (Å²) in [5.74, 6) is 0. The molecule has 0 bridgehead atoms. The molecule has 0 aliphatic heterocycles. The summed E-state index contributed by atoms with van der Waals surface area (Å²) in [6.45, 7) is 2.22. The van der Waals surface area contributed by atoms with E-state index in [0.717, 1.165) is 0 Å². The minimum atomic E-state index is 0.364. The van der Waals surface area contributed by atoms with Crippen molar-refractivity contribution >= 4 is 19.9 Å². The van der Waals surface area contributed by atoms with E-state index in [-0.39, 0.29) is 0 Å².